The van der Waals surface area contributed by atoms with Gasteiger partial charge in [-0.05, 0) is 42.3 Å². The summed E-state index contributed by atoms with van der Waals surface area (Å²) in [5.41, 5.74) is 8.44. The second-order valence-corrected chi connectivity index (χ2v) is 7.36. The number of anilines is 1. The molecule has 9 heteroatoms. The summed E-state index contributed by atoms with van der Waals surface area (Å²) in [5, 5.41) is 16.5. The maximum atomic E-state index is 13.7. The van der Waals surface area contributed by atoms with E-state index in [0.29, 0.717) is 29.6 Å². The summed E-state index contributed by atoms with van der Waals surface area (Å²) < 4.78 is 15.4. The molecule has 0 spiro atoms. The SMILES string of the molecule is CCc1c(NC(=O)c2cc(C(N)=O)c3ccc(F)cc3n2)cnn1Cc1ccc(C#N)cc1. The lowest BCUT2D eigenvalue weighted by atomic mass is 10.1. The second kappa shape index (κ2) is 8.88. The Bertz CT molecular complexity index is 1420. The Morgan fingerprint density at radius 1 is 1.18 bits per heavy atom. The van der Waals surface area contributed by atoms with E-state index in [0.717, 1.165) is 17.3 Å². The number of benzene rings is 2. The molecule has 8 nitrogen and oxygen atoms in total. The number of carbonyl (C=O) groups excluding carboxylic acids is 2. The van der Waals surface area contributed by atoms with Crippen molar-refractivity contribution in [2.45, 2.75) is 19.9 Å². The number of rotatable bonds is 6. The van der Waals surface area contributed by atoms with Gasteiger partial charge in [-0.2, -0.15) is 10.4 Å². The van der Waals surface area contributed by atoms with Gasteiger partial charge in [0.05, 0.1) is 46.8 Å². The van der Waals surface area contributed by atoms with Gasteiger partial charge in [-0.25, -0.2) is 9.37 Å². The molecule has 2 heterocycles. The van der Waals surface area contributed by atoms with Gasteiger partial charge in [0.2, 0.25) is 5.91 Å². The highest BCUT2D eigenvalue weighted by molar-refractivity contribution is 6.10. The number of aromatic nitrogens is 3. The predicted octanol–water partition coefficient (Wildman–Crippen LogP) is 3.40. The number of hydrogen-bond donors (Lipinski definition) is 2. The first-order valence-corrected chi connectivity index (χ1v) is 10.1. The molecule has 0 bridgehead atoms. The summed E-state index contributed by atoms with van der Waals surface area (Å²) in [4.78, 5) is 29.0. The third kappa shape index (κ3) is 4.41. The number of nitrogens with zero attached hydrogens (tertiary/aromatic N) is 4. The maximum absolute atomic E-state index is 13.7. The van der Waals surface area contributed by atoms with Crippen molar-refractivity contribution in [3.8, 4) is 6.07 Å². The van der Waals surface area contributed by atoms with Crippen molar-refractivity contribution in [2.24, 2.45) is 5.73 Å². The van der Waals surface area contributed by atoms with Crippen molar-refractivity contribution < 1.29 is 14.0 Å². The zero-order valence-electron chi connectivity index (χ0n) is 17.7. The van der Waals surface area contributed by atoms with Crippen LogP contribution in [0.3, 0.4) is 0 Å². The van der Waals surface area contributed by atoms with Gasteiger partial charge in [-0.15, -0.1) is 0 Å². The number of nitriles is 1. The molecule has 0 saturated carbocycles. The lowest BCUT2D eigenvalue weighted by Crippen LogP contribution is -2.18. The van der Waals surface area contributed by atoms with Gasteiger partial charge >= 0.3 is 0 Å². The Morgan fingerprint density at radius 3 is 2.61 bits per heavy atom. The van der Waals surface area contributed by atoms with Gasteiger partial charge in [0.1, 0.15) is 11.5 Å². The second-order valence-electron chi connectivity index (χ2n) is 7.36. The molecule has 0 aliphatic rings. The predicted molar refractivity (Wildman–Crippen MR) is 120 cm³/mol. The molecule has 0 fully saturated rings. The molecule has 2 aromatic heterocycles. The first-order valence-electron chi connectivity index (χ1n) is 10.1. The molecule has 164 valence electrons. The minimum Gasteiger partial charge on any atom is -0.366 e. The first-order chi connectivity index (χ1) is 15.9. The Labute approximate surface area is 188 Å². The van der Waals surface area contributed by atoms with E-state index in [1.54, 1.807) is 16.8 Å². The molecule has 0 radical (unpaired) electrons. The number of nitrogens with one attached hydrogen (secondary N) is 1. The van der Waals surface area contributed by atoms with Crippen molar-refractivity contribution >= 4 is 28.4 Å². The number of pyridine rings is 1. The summed E-state index contributed by atoms with van der Waals surface area (Å²) in [6.07, 6.45) is 2.13. The molecule has 3 N–H and O–H groups in total. The summed E-state index contributed by atoms with van der Waals surface area (Å²) >= 11 is 0. The van der Waals surface area contributed by atoms with Crippen LogP contribution in [0.1, 0.15) is 44.6 Å². The van der Waals surface area contributed by atoms with Gasteiger partial charge in [0.15, 0.2) is 0 Å². The molecular formula is C24H19FN6O2. The third-order valence-electron chi connectivity index (χ3n) is 5.22. The standard InChI is InChI=1S/C24H19FN6O2/c1-2-22-21(12-28-31(22)13-15-5-3-14(11-26)4-6-15)30-24(33)20-10-18(23(27)32)17-8-7-16(25)9-19(17)29-20/h3-10,12H,2,13H2,1H3,(H2,27,32)(H,30,33). The highest BCUT2D eigenvalue weighted by Gasteiger charge is 2.18. The van der Waals surface area contributed by atoms with Crippen LogP contribution in [-0.4, -0.2) is 26.6 Å². The minimum atomic E-state index is -0.743. The Morgan fingerprint density at radius 2 is 1.94 bits per heavy atom. The molecular weight excluding hydrogens is 423 g/mol. The van der Waals surface area contributed by atoms with Gasteiger partial charge in [0.25, 0.3) is 5.91 Å². The minimum absolute atomic E-state index is 0.0659. The molecule has 0 unspecified atom stereocenters. The van der Waals surface area contributed by atoms with Crippen molar-refractivity contribution in [3.63, 3.8) is 0 Å². The van der Waals surface area contributed by atoms with Crippen LogP contribution in [0.25, 0.3) is 10.9 Å². The average Bonchev–Trinajstić information content (AvgIpc) is 3.19. The number of fused-ring (bicyclic) bond motifs is 1. The van der Waals surface area contributed by atoms with E-state index >= 15 is 0 Å². The third-order valence-corrected chi connectivity index (χ3v) is 5.22. The number of primary amides is 1. The molecule has 4 aromatic rings. The first kappa shape index (κ1) is 21.6. The number of carbonyl (C=O) groups is 2. The highest BCUT2D eigenvalue weighted by Crippen LogP contribution is 2.22. The van der Waals surface area contributed by atoms with E-state index in [4.69, 9.17) is 11.0 Å². The van der Waals surface area contributed by atoms with E-state index in [1.165, 1.54) is 24.4 Å². The van der Waals surface area contributed by atoms with Gasteiger partial charge in [-0.3, -0.25) is 14.3 Å². The number of hydrogen-bond acceptors (Lipinski definition) is 5. The van der Waals surface area contributed by atoms with E-state index in [2.05, 4.69) is 21.5 Å². The van der Waals surface area contributed by atoms with Crippen molar-refractivity contribution in [2.75, 3.05) is 5.32 Å². The summed E-state index contributed by atoms with van der Waals surface area (Å²) in [6, 6.07) is 14.3. The van der Waals surface area contributed by atoms with E-state index in [9.17, 15) is 14.0 Å². The van der Waals surface area contributed by atoms with E-state index in [1.807, 2.05) is 19.1 Å². The fourth-order valence-electron chi connectivity index (χ4n) is 3.59. The van der Waals surface area contributed by atoms with E-state index in [-0.39, 0.29) is 16.8 Å². The van der Waals surface area contributed by atoms with Gasteiger partial charge < -0.3 is 11.1 Å². The zero-order chi connectivity index (χ0) is 23.5. The summed E-state index contributed by atoms with van der Waals surface area (Å²) in [5.74, 6) is -1.86. The summed E-state index contributed by atoms with van der Waals surface area (Å²) in [6.45, 7) is 2.40. The smallest absolute Gasteiger partial charge is 0.274 e. The van der Waals surface area contributed by atoms with Crippen LogP contribution < -0.4 is 11.1 Å². The fraction of sp³-hybridized carbons (Fsp3) is 0.125. The largest absolute Gasteiger partial charge is 0.366 e. The molecule has 2 aromatic carbocycles. The lowest BCUT2D eigenvalue weighted by Gasteiger charge is -2.10. The Balaban J connectivity index is 1.63. The molecule has 2 amide bonds. The Hall–Kier alpha value is -4.58. The quantitative estimate of drug-likeness (QED) is 0.473. The number of halogens is 1. The highest BCUT2D eigenvalue weighted by atomic mass is 19.1. The molecule has 0 aliphatic carbocycles. The van der Waals surface area contributed by atoms with Crippen molar-refractivity contribution in [3.05, 3.63) is 88.6 Å². The molecule has 0 saturated heterocycles. The van der Waals surface area contributed by atoms with E-state index < -0.39 is 17.6 Å². The summed E-state index contributed by atoms with van der Waals surface area (Å²) in [7, 11) is 0. The van der Waals surface area contributed by atoms with Crippen LogP contribution >= 0.6 is 0 Å². The molecule has 0 atom stereocenters. The monoisotopic (exact) mass is 442 g/mol. The van der Waals surface area contributed by atoms with Crippen LogP contribution in [0.4, 0.5) is 10.1 Å². The number of amides is 2. The van der Waals surface area contributed by atoms with Crippen molar-refractivity contribution in [1.29, 1.82) is 5.26 Å². The maximum Gasteiger partial charge on any atom is 0.274 e. The van der Waals surface area contributed by atoms with Crippen LogP contribution in [0.15, 0.2) is 54.7 Å². The number of nitrogens with two attached hydrogens (primary N) is 1. The molecule has 0 aliphatic heterocycles. The molecule has 4 rings (SSSR count). The fourth-order valence-corrected chi connectivity index (χ4v) is 3.59. The average molecular weight is 442 g/mol. The van der Waals surface area contributed by atoms with Crippen LogP contribution in [0.5, 0.6) is 0 Å². The molecule has 33 heavy (non-hydrogen) atoms. The van der Waals surface area contributed by atoms with Gasteiger partial charge in [-0.1, -0.05) is 19.1 Å². The van der Waals surface area contributed by atoms with Crippen LogP contribution in [-0.2, 0) is 13.0 Å². The Kier molecular flexibility index (Phi) is 5.83. The lowest BCUT2D eigenvalue weighted by molar-refractivity contribution is 0.100. The van der Waals surface area contributed by atoms with Crippen LogP contribution in [0, 0.1) is 17.1 Å². The van der Waals surface area contributed by atoms with Crippen LogP contribution in [0.2, 0.25) is 0 Å². The van der Waals surface area contributed by atoms with Crippen molar-refractivity contribution in [1.82, 2.24) is 14.8 Å². The normalized spacial score (nSPS) is 10.7. The van der Waals surface area contributed by atoms with Gasteiger partial charge in [0, 0.05) is 11.5 Å². The topological polar surface area (TPSA) is 127 Å². The zero-order valence-corrected chi connectivity index (χ0v) is 17.7.